The Balaban J connectivity index is 0.00000441. The first-order valence-electron chi connectivity index (χ1n) is 6.70. The summed E-state index contributed by atoms with van der Waals surface area (Å²) < 4.78 is 5.26. The highest BCUT2D eigenvalue weighted by molar-refractivity contribution is 5.85. The number of carbonyl (C=O) groups excluding carboxylic acids is 1. The van der Waals surface area contributed by atoms with Gasteiger partial charge in [0.05, 0.1) is 20.1 Å². The summed E-state index contributed by atoms with van der Waals surface area (Å²) in [5.41, 5.74) is 0.934. The molecule has 1 aromatic carbocycles. The summed E-state index contributed by atoms with van der Waals surface area (Å²) in [6.07, 6.45) is 0.0278. The lowest BCUT2D eigenvalue weighted by molar-refractivity contribution is -0.138. The van der Waals surface area contributed by atoms with Gasteiger partial charge in [-0.15, -0.1) is 12.4 Å². The zero-order chi connectivity index (χ0) is 15.8. The summed E-state index contributed by atoms with van der Waals surface area (Å²) >= 11 is 0. The highest BCUT2D eigenvalue weighted by atomic mass is 35.5. The smallest absolute Gasteiger partial charge is 0.304 e. The molecule has 1 N–H and O–H groups in total. The van der Waals surface area contributed by atoms with Gasteiger partial charge in [-0.2, -0.15) is 0 Å². The van der Waals surface area contributed by atoms with E-state index in [4.69, 9.17) is 9.84 Å². The third-order valence-corrected chi connectivity index (χ3v) is 3.14. The molecule has 0 spiro atoms. The number of rotatable bonds is 8. The summed E-state index contributed by atoms with van der Waals surface area (Å²) in [6, 6.07) is 7.54. The number of carboxylic acids is 1. The lowest BCUT2D eigenvalue weighted by Crippen LogP contribution is -2.37. The molecule has 6 nitrogen and oxygen atoms in total. The number of halogens is 1. The van der Waals surface area contributed by atoms with Gasteiger partial charge in [-0.1, -0.05) is 18.2 Å². The molecule has 0 saturated carbocycles. The SMILES string of the molecule is COc1ccccc1CN(C)C(=O)CN(C)CCC(=O)O.Cl. The molecule has 0 bridgehead atoms. The minimum atomic E-state index is -0.864. The second-order valence-electron chi connectivity index (χ2n) is 4.94. The molecule has 1 amide bonds. The minimum Gasteiger partial charge on any atom is -0.496 e. The van der Waals surface area contributed by atoms with E-state index in [0.29, 0.717) is 13.1 Å². The standard InChI is InChI=1S/C15H22N2O4.ClH/c1-16(9-8-15(19)20)11-14(18)17(2)10-12-6-4-5-7-13(12)21-3;/h4-7H,8-11H2,1-3H3,(H,19,20);1H. The number of methoxy groups -OCH3 is 1. The van der Waals surface area contributed by atoms with Crippen LogP contribution in [0.25, 0.3) is 0 Å². The third-order valence-electron chi connectivity index (χ3n) is 3.14. The van der Waals surface area contributed by atoms with Crippen molar-refractivity contribution in [1.29, 1.82) is 0 Å². The highest BCUT2D eigenvalue weighted by Gasteiger charge is 2.14. The van der Waals surface area contributed by atoms with E-state index in [-0.39, 0.29) is 31.3 Å². The normalized spacial score (nSPS) is 10.0. The zero-order valence-electron chi connectivity index (χ0n) is 13.1. The predicted molar refractivity (Wildman–Crippen MR) is 86.5 cm³/mol. The maximum Gasteiger partial charge on any atom is 0.304 e. The molecule has 7 heteroatoms. The maximum atomic E-state index is 12.1. The number of likely N-dealkylation sites (N-methyl/N-ethyl adjacent to an activating group) is 2. The molecule has 1 rings (SSSR count). The monoisotopic (exact) mass is 330 g/mol. The molecule has 22 heavy (non-hydrogen) atoms. The van der Waals surface area contributed by atoms with Crippen molar-refractivity contribution >= 4 is 24.3 Å². The van der Waals surface area contributed by atoms with Crippen LogP contribution in [0.4, 0.5) is 0 Å². The fourth-order valence-corrected chi connectivity index (χ4v) is 1.89. The van der Waals surface area contributed by atoms with Gasteiger partial charge in [0.25, 0.3) is 0 Å². The Bertz CT molecular complexity index is 496. The number of aliphatic carboxylic acids is 1. The van der Waals surface area contributed by atoms with Crippen LogP contribution < -0.4 is 4.74 Å². The second kappa shape index (κ2) is 10.0. The fourth-order valence-electron chi connectivity index (χ4n) is 1.89. The van der Waals surface area contributed by atoms with Crippen LogP contribution in [-0.2, 0) is 16.1 Å². The average Bonchev–Trinajstić information content (AvgIpc) is 2.45. The molecule has 1 aromatic rings. The lowest BCUT2D eigenvalue weighted by atomic mass is 10.2. The second-order valence-corrected chi connectivity index (χ2v) is 4.94. The van der Waals surface area contributed by atoms with Gasteiger partial charge >= 0.3 is 5.97 Å². The minimum absolute atomic E-state index is 0. The summed E-state index contributed by atoms with van der Waals surface area (Å²) in [7, 11) is 5.05. The van der Waals surface area contributed by atoms with Crippen LogP contribution in [0.3, 0.4) is 0 Å². The number of carboxylic acid groups (broad SMARTS) is 1. The number of amides is 1. The van der Waals surface area contributed by atoms with Crippen molar-refractivity contribution in [3.05, 3.63) is 29.8 Å². The average molecular weight is 331 g/mol. The van der Waals surface area contributed by atoms with E-state index < -0.39 is 5.97 Å². The lowest BCUT2D eigenvalue weighted by Gasteiger charge is -2.22. The summed E-state index contributed by atoms with van der Waals surface area (Å²) in [4.78, 5) is 25.9. The molecule has 0 aromatic heterocycles. The summed E-state index contributed by atoms with van der Waals surface area (Å²) in [5, 5.41) is 8.62. The van der Waals surface area contributed by atoms with E-state index in [0.717, 1.165) is 11.3 Å². The third kappa shape index (κ3) is 6.78. The molecule has 124 valence electrons. The number of carbonyl (C=O) groups is 2. The molecule has 0 atom stereocenters. The number of nitrogens with zero attached hydrogens (tertiary/aromatic N) is 2. The molecular formula is C15H23ClN2O4. The first kappa shape index (κ1) is 20.2. The Kier molecular flexibility index (Phi) is 9.21. The Hall–Kier alpha value is -1.79. The molecule has 0 aliphatic carbocycles. The van der Waals surface area contributed by atoms with Gasteiger partial charge in [-0.25, -0.2) is 0 Å². The van der Waals surface area contributed by atoms with Gasteiger partial charge in [-0.3, -0.25) is 14.5 Å². The molecule has 0 aliphatic heterocycles. The number of hydrogen-bond acceptors (Lipinski definition) is 4. The molecule has 0 radical (unpaired) electrons. The van der Waals surface area contributed by atoms with E-state index in [1.54, 1.807) is 31.0 Å². The van der Waals surface area contributed by atoms with Gasteiger partial charge in [0.2, 0.25) is 5.91 Å². The largest absolute Gasteiger partial charge is 0.496 e. The summed E-state index contributed by atoms with van der Waals surface area (Å²) in [6.45, 7) is 0.998. The van der Waals surface area contributed by atoms with Gasteiger partial charge in [0.1, 0.15) is 5.75 Å². The first-order valence-corrected chi connectivity index (χ1v) is 6.70. The Labute approximate surface area is 137 Å². The van der Waals surface area contributed by atoms with E-state index in [9.17, 15) is 9.59 Å². The Morgan fingerprint density at radius 3 is 2.45 bits per heavy atom. The number of benzene rings is 1. The van der Waals surface area contributed by atoms with E-state index >= 15 is 0 Å². The van der Waals surface area contributed by atoms with Crippen LogP contribution in [-0.4, -0.2) is 61.1 Å². The van der Waals surface area contributed by atoms with Crippen LogP contribution in [0.5, 0.6) is 5.75 Å². The molecule has 0 saturated heterocycles. The van der Waals surface area contributed by atoms with Gasteiger partial charge < -0.3 is 14.7 Å². The van der Waals surface area contributed by atoms with E-state index in [2.05, 4.69) is 0 Å². The first-order chi connectivity index (χ1) is 9.93. The predicted octanol–water partition coefficient (Wildman–Crippen LogP) is 1.48. The molecule has 0 unspecified atom stereocenters. The Morgan fingerprint density at radius 1 is 1.23 bits per heavy atom. The summed E-state index contributed by atoms with van der Waals surface area (Å²) in [5.74, 6) is -0.179. The van der Waals surface area contributed by atoms with Crippen molar-refractivity contribution in [2.75, 3.05) is 34.3 Å². The van der Waals surface area contributed by atoms with E-state index in [1.165, 1.54) is 0 Å². The van der Waals surface area contributed by atoms with Crippen molar-refractivity contribution in [1.82, 2.24) is 9.80 Å². The van der Waals surface area contributed by atoms with Crippen LogP contribution in [0.2, 0.25) is 0 Å². The van der Waals surface area contributed by atoms with Crippen LogP contribution in [0.15, 0.2) is 24.3 Å². The molecule has 0 aliphatic rings. The zero-order valence-corrected chi connectivity index (χ0v) is 13.9. The maximum absolute atomic E-state index is 12.1. The molecular weight excluding hydrogens is 308 g/mol. The van der Waals surface area contributed by atoms with Crippen molar-refractivity contribution in [3.8, 4) is 5.75 Å². The Morgan fingerprint density at radius 2 is 1.86 bits per heavy atom. The van der Waals surface area contributed by atoms with Gasteiger partial charge in [0.15, 0.2) is 0 Å². The molecule has 0 fully saturated rings. The van der Waals surface area contributed by atoms with Crippen molar-refractivity contribution in [3.63, 3.8) is 0 Å². The van der Waals surface area contributed by atoms with Crippen molar-refractivity contribution in [2.45, 2.75) is 13.0 Å². The topological polar surface area (TPSA) is 70.1 Å². The highest BCUT2D eigenvalue weighted by Crippen LogP contribution is 2.18. The number of ether oxygens (including phenoxy) is 1. The van der Waals surface area contributed by atoms with Gasteiger partial charge in [0, 0.05) is 25.7 Å². The van der Waals surface area contributed by atoms with Crippen LogP contribution in [0.1, 0.15) is 12.0 Å². The fraction of sp³-hybridized carbons (Fsp3) is 0.467. The van der Waals surface area contributed by atoms with Crippen LogP contribution in [0, 0.1) is 0 Å². The van der Waals surface area contributed by atoms with E-state index in [1.807, 2.05) is 24.3 Å². The van der Waals surface area contributed by atoms with Crippen LogP contribution >= 0.6 is 12.4 Å². The van der Waals surface area contributed by atoms with Gasteiger partial charge in [-0.05, 0) is 13.1 Å². The quantitative estimate of drug-likeness (QED) is 0.782. The number of hydrogen-bond donors (Lipinski definition) is 1. The van der Waals surface area contributed by atoms with Crippen molar-refractivity contribution < 1.29 is 19.4 Å². The number of para-hydroxylation sites is 1. The molecule has 0 heterocycles. The van der Waals surface area contributed by atoms with Crippen molar-refractivity contribution in [2.24, 2.45) is 0 Å².